The highest BCUT2D eigenvalue weighted by Crippen LogP contribution is 2.87. The molecular weight excluding hydrogens is 388 g/mol. The van der Waals surface area contributed by atoms with Crippen molar-refractivity contribution < 1.29 is 14.3 Å². The Labute approximate surface area is 176 Å². The molecule has 1 spiro atoms. The number of amides is 2. The van der Waals surface area contributed by atoms with Crippen LogP contribution in [0.1, 0.15) is 31.2 Å². The van der Waals surface area contributed by atoms with Gasteiger partial charge in [-0.1, -0.05) is 23.7 Å². The Balaban J connectivity index is 1.27. The third kappa shape index (κ3) is 2.17. The second-order valence-electron chi connectivity index (χ2n) is 10.0. The molecule has 154 valence electrons. The maximum Gasteiger partial charge on any atom is 0.407 e. The number of carbonyl (C=O) groups is 2. The minimum absolute atomic E-state index is 0.185. The van der Waals surface area contributed by atoms with Crippen molar-refractivity contribution in [2.24, 2.45) is 34.5 Å². The van der Waals surface area contributed by atoms with Gasteiger partial charge in [-0.2, -0.15) is 0 Å². The first-order chi connectivity index (χ1) is 14.0. The predicted molar refractivity (Wildman–Crippen MR) is 108 cm³/mol. The molecule has 1 aromatic carbocycles. The van der Waals surface area contributed by atoms with Crippen LogP contribution in [0.2, 0.25) is 5.02 Å². The fourth-order valence-corrected chi connectivity index (χ4v) is 8.26. The normalized spacial score (nSPS) is 41.1. The van der Waals surface area contributed by atoms with Gasteiger partial charge < -0.3 is 15.0 Å². The molecule has 6 unspecified atom stereocenters. The van der Waals surface area contributed by atoms with E-state index in [-0.39, 0.29) is 11.5 Å². The van der Waals surface area contributed by atoms with Crippen LogP contribution in [0.15, 0.2) is 24.3 Å². The van der Waals surface area contributed by atoms with Gasteiger partial charge in [-0.05, 0) is 78.9 Å². The van der Waals surface area contributed by atoms with Crippen LogP contribution in [0, 0.1) is 34.5 Å². The van der Waals surface area contributed by atoms with Crippen LogP contribution < -0.4 is 5.32 Å². The molecule has 1 aliphatic heterocycles. The number of ether oxygens (including phenoxy) is 1. The van der Waals surface area contributed by atoms with Gasteiger partial charge in [0.15, 0.2) is 0 Å². The number of hydrogen-bond donors (Lipinski definition) is 1. The summed E-state index contributed by atoms with van der Waals surface area (Å²) in [6, 6.07) is 8.04. The highest BCUT2D eigenvalue weighted by atomic mass is 35.5. The van der Waals surface area contributed by atoms with Crippen LogP contribution in [0.5, 0.6) is 0 Å². The molecule has 4 aliphatic carbocycles. The van der Waals surface area contributed by atoms with Gasteiger partial charge in [0.2, 0.25) is 5.91 Å². The summed E-state index contributed by atoms with van der Waals surface area (Å²) in [4.78, 5) is 27.3. The molecule has 0 radical (unpaired) electrons. The van der Waals surface area contributed by atoms with Gasteiger partial charge in [-0.15, -0.1) is 0 Å². The molecule has 6 atom stereocenters. The first kappa shape index (κ1) is 18.1. The topological polar surface area (TPSA) is 58.6 Å². The summed E-state index contributed by atoms with van der Waals surface area (Å²) in [6.45, 7) is 1.04. The second kappa shape index (κ2) is 5.90. The lowest BCUT2D eigenvalue weighted by Gasteiger charge is -2.76. The molecule has 1 saturated heterocycles. The molecule has 2 amide bonds. The molecule has 5 nitrogen and oxygen atoms in total. The van der Waals surface area contributed by atoms with E-state index in [2.05, 4.69) is 17.4 Å². The quantitative estimate of drug-likeness (QED) is 0.820. The Kier molecular flexibility index (Phi) is 3.67. The van der Waals surface area contributed by atoms with E-state index in [1.165, 1.54) is 31.2 Å². The zero-order chi connectivity index (χ0) is 20.0. The molecule has 6 rings (SSSR count). The summed E-state index contributed by atoms with van der Waals surface area (Å²) >= 11 is 6.10. The van der Waals surface area contributed by atoms with Gasteiger partial charge >= 0.3 is 6.09 Å². The number of halogens is 1. The van der Waals surface area contributed by atoms with E-state index in [9.17, 15) is 9.59 Å². The Morgan fingerprint density at radius 2 is 1.90 bits per heavy atom. The molecule has 29 heavy (non-hydrogen) atoms. The van der Waals surface area contributed by atoms with Crippen LogP contribution in [-0.2, 0) is 16.0 Å². The van der Waals surface area contributed by atoms with Crippen molar-refractivity contribution in [3.8, 4) is 0 Å². The van der Waals surface area contributed by atoms with Crippen LogP contribution in [0.3, 0.4) is 0 Å². The van der Waals surface area contributed by atoms with Crippen molar-refractivity contribution in [2.75, 3.05) is 20.1 Å². The van der Waals surface area contributed by atoms with Gasteiger partial charge in [-0.25, -0.2) is 4.79 Å². The molecule has 1 N–H and O–H groups in total. The maximum atomic E-state index is 13.9. The molecule has 6 heteroatoms. The molecular formula is C23H27ClN2O3. The average Bonchev–Trinajstić information content (AvgIpc) is 3.20. The summed E-state index contributed by atoms with van der Waals surface area (Å²) in [5.41, 5.74) is 1.41. The van der Waals surface area contributed by atoms with E-state index in [1.807, 2.05) is 17.0 Å². The Bertz CT molecular complexity index is 883. The van der Waals surface area contributed by atoms with Crippen molar-refractivity contribution in [1.82, 2.24) is 10.2 Å². The van der Waals surface area contributed by atoms with Crippen molar-refractivity contribution in [3.05, 3.63) is 34.9 Å². The first-order valence-electron chi connectivity index (χ1n) is 10.9. The van der Waals surface area contributed by atoms with Crippen molar-refractivity contribution in [2.45, 2.75) is 38.2 Å². The summed E-state index contributed by atoms with van der Waals surface area (Å²) in [7, 11) is 1.56. The molecule has 1 aromatic rings. The number of fused-ring (bicyclic) bond motifs is 1. The molecule has 2 bridgehead atoms. The molecule has 4 saturated carbocycles. The first-order valence-corrected chi connectivity index (χ1v) is 11.3. The molecule has 1 heterocycles. The number of alkyl carbamates (subject to hydrolysis) is 1. The van der Waals surface area contributed by atoms with Crippen molar-refractivity contribution in [1.29, 1.82) is 0 Å². The average molecular weight is 415 g/mol. The van der Waals surface area contributed by atoms with Crippen LogP contribution >= 0.6 is 11.6 Å². The standard InChI is InChI=1S/C23H27ClN2O3/c1-25-21(28)29-17-11-26(12-17)20(27)23(9-13-2-4-16(24)5-3-13)18-7-14-6-15-8-19(23)22(15,18)10-14/h2-5,14-15,17-19H,6-12H2,1H3,(H,25,28). The molecule has 5 aliphatic rings. The number of rotatable bonds is 4. The fourth-order valence-electron chi connectivity index (χ4n) is 8.13. The third-order valence-corrected chi connectivity index (χ3v) is 9.32. The lowest BCUT2D eigenvalue weighted by molar-refractivity contribution is -0.283. The van der Waals surface area contributed by atoms with Gasteiger partial charge in [-0.3, -0.25) is 4.79 Å². The molecule has 0 aromatic heterocycles. The van der Waals surface area contributed by atoms with E-state index in [4.69, 9.17) is 16.3 Å². The minimum Gasteiger partial charge on any atom is -0.442 e. The van der Waals surface area contributed by atoms with E-state index in [0.717, 1.165) is 23.3 Å². The lowest BCUT2D eigenvalue weighted by atomic mass is 9.27. The van der Waals surface area contributed by atoms with Crippen molar-refractivity contribution >= 4 is 23.6 Å². The van der Waals surface area contributed by atoms with Crippen LogP contribution in [0.4, 0.5) is 4.79 Å². The highest BCUT2D eigenvalue weighted by molar-refractivity contribution is 6.30. The predicted octanol–water partition coefficient (Wildman–Crippen LogP) is 3.50. The highest BCUT2D eigenvalue weighted by Gasteiger charge is 2.85. The maximum absolute atomic E-state index is 13.9. The fraction of sp³-hybridized carbons (Fsp3) is 0.652. The number of likely N-dealkylation sites (tertiary alicyclic amines) is 1. The van der Waals surface area contributed by atoms with Crippen LogP contribution in [-0.4, -0.2) is 43.1 Å². The lowest BCUT2D eigenvalue weighted by Crippen LogP contribution is -2.78. The van der Waals surface area contributed by atoms with Gasteiger partial charge in [0.1, 0.15) is 6.10 Å². The second-order valence-corrected chi connectivity index (χ2v) is 10.5. The van der Waals surface area contributed by atoms with E-state index in [0.29, 0.717) is 36.2 Å². The number of benzene rings is 1. The summed E-state index contributed by atoms with van der Waals surface area (Å²) in [5.74, 6) is 3.05. The summed E-state index contributed by atoms with van der Waals surface area (Å²) < 4.78 is 5.32. The minimum atomic E-state index is -0.421. The van der Waals surface area contributed by atoms with Crippen LogP contribution in [0.25, 0.3) is 0 Å². The van der Waals surface area contributed by atoms with E-state index < -0.39 is 6.09 Å². The Morgan fingerprint density at radius 1 is 1.17 bits per heavy atom. The summed E-state index contributed by atoms with van der Waals surface area (Å²) in [6.07, 6.45) is 5.40. The Hall–Kier alpha value is -1.75. The zero-order valence-corrected chi connectivity index (χ0v) is 17.5. The van der Waals surface area contributed by atoms with Gasteiger partial charge in [0.05, 0.1) is 18.5 Å². The number of nitrogens with zero attached hydrogens (tertiary/aromatic N) is 1. The van der Waals surface area contributed by atoms with Crippen molar-refractivity contribution in [3.63, 3.8) is 0 Å². The molecule has 5 fully saturated rings. The largest absolute Gasteiger partial charge is 0.442 e. The Morgan fingerprint density at radius 3 is 2.59 bits per heavy atom. The SMILES string of the molecule is CNC(=O)OC1CN(C(=O)C2(Cc3ccc(Cl)cc3)C3CC4CC5CC2C53C4)C1. The van der Waals surface area contributed by atoms with Gasteiger partial charge in [0.25, 0.3) is 0 Å². The zero-order valence-electron chi connectivity index (χ0n) is 16.7. The third-order valence-electron chi connectivity index (χ3n) is 9.07. The number of hydrogen-bond acceptors (Lipinski definition) is 3. The monoisotopic (exact) mass is 414 g/mol. The number of carbonyl (C=O) groups excluding carboxylic acids is 2. The number of nitrogens with one attached hydrogen (secondary N) is 1. The summed E-state index contributed by atoms with van der Waals surface area (Å²) in [5, 5.41) is 3.22. The smallest absolute Gasteiger partial charge is 0.407 e. The van der Waals surface area contributed by atoms with E-state index >= 15 is 0 Å². The van der Waals surface area contributed by atoms with Gasteiger partial charge in [0, 0.05) is 12.1 Å². The van der Waals surface area contributed by atoms with E-state index in [1.54, 1.807) is 7.05 Å².